The Hall–Kier alpha value is -0.870. The molecule has 0 radical (unpaired) electrons. The third-order valence-electron chi connectivity index (χ3n) is 3.45. The molecule has 1 saturated carbocycles. The van der Waals surface area contributed by atoms with Gasteiger partial charge in [0.1, 0.15) is 0 Å². The van der Waals surface area contributed by atoms with Gasteiger partial charge in [0.2, 0.25) is 0 Å². The normalized spacial score (nSPS) is 25.1. The molecule has 2 unspecified atom stereocenters. The first-order valence-corrected chi connectivity index (χ1v) is 6.15. The van der Waals surface area contributed by atoms with Crippen LogP contribution < -0.4 is 5.32 Å². The molecule has 1 aliphatic rings. The fourth-order valence-electron chi connectivity index (χ4n) is 2.42. The summed E-state index contributed by atoms with van der Waals surface area (Å²) in [6, 6.07) is 0.668. The van der Waals surface area contributed by atoms with Gasteiger partial charge >= 0.3 is 0 Å². The van der Waals surface area contributed by atoms with Crippen LogP contribution in [0.3, 0.4) is 0 Å². The summed E-state index contributed by atoms with van der Waals surface area (Å²) in [6.45, 7) is 3.94. The van der Waals surface area contributed by atoms with Gasteiger partial charge in [0, 0.05) is 24.3 Å². The van der Waals surface area contributed by atoms with E-state index < -0.39 is 0 Å². The fraction of sp³-hybridized carbons (Fsp3) is 0.750. The van der Waals surface area contributed by atoms with Gasteiger partial charge < -0.3 is 10.4 Å². The highest BCUT2D eigenvalue weighted by Crippen LogP contribution is 2.24. The van der Waals surface area contributed by atoms with Crippen LogP contribution in [0.25, 0.3) is 0 Å². The Kier molecular flexibility index (Phi) is 3.96. The van der Waals surface area contributed by atoms with Crippen LogP contribution in [-0.4, -0.2) is 27.5 Å². The molecule has 2 rings (SSSR count). The summed E-state index contributed by atoms with van der Waals surface area (Å²) in [7, 11) is 0. The van der Waals surface area contributed by atoms with E-state index >= 15 is 0 Å². The molecule has 16 heavy (non-hydrogen) atoms. The van der Waals surface area contributed by atoms with Crippen LogP contribution in [0.1, 0.15) is 31.7 Å². The van der Waals surface area contributed by atoms with Crippen molar-refractivity contribution >= 4 is 0 Å². The molecule has 2 atom stereocenters. The van der Waals surface area contributed by atoms with Crippen molar-refractivity contribution in [1.29, 1.82) is 0 Å². The van der Waals surface area contributed by atoms with Gasteiger partial charge in [-0.3, -0.25) is 4.68 Å². The number of hydrogen-bond donors (Lipinski definition) is 2. The Balaban J connectivity index is 1.80. The third-order valence-corrected chi connectivity index (χ3v) is 3.45. The summed E-state index contributed by atoms with van der Waals surface area (Å²) >= 11 is 0. The number of nitrogens with one attached hydrogen (secondary N) is 1. The quantitative estimate of drug-likeness (QED) is 0.787. The molecular formula is C12H21N3O. The molecule has 0 bridgehead atoms. The van der Waals surface area contributed by atoms with Crippen LogP contribution in [0.2, 0.25) is 0 Å². The van der Waals surface area contributed by atoms with E-state index in [0.717, 1.165) is 12.5 Å². The second-order valence-electron chi connectivity index (χ2n) is 4.73. The molecule has 0 aliphatic heterocycles. The van der Waals surface area contributed by atoms with Gasteiger partial charge in [-0.05, 0) is 18.8 Å². The highest BCUT2D eigenvalue weighted by Gasteiger charge is 2.22. The molecule has 0 spiro atoms. The van der Waals surface area contributed by atoms with E-state index in [1.807, 2.05) is 12.4 Å². The van der Waals surface area contributed by atoms with Crippen LogP contribution in [-0.2, 0) is 13.1 Å². The monoisotopic (exact) mass is 223 g/mol. The molecule has 0 amide bonds. The van der Waals surface area contributed by atoms with Gasteiger partial charge in [0.15, 0.2) is 0 Å². The maximum Gasteiger partial charge on any atom is 0.0640 e. The van der Waals surface area contributed by atoms with Gasteiger partial charge in [-0.15, -0.1) is 0 Å². The molecule has 0 aromatic carbocycles. The van der Waals surface area contributed by atoms with E-state index in [1.54, 1.807) is 4.68 Å². The van der Waals surface area contributed by atoms with Crippen molar-refractivity contribution < 1.29 is 5.11 Å². The zero-order valence-electron chi connectivity index (χ0n) is 9.89. The molecule has 90 valence electrons. The molecule has 4 nitrogen and oxygen atoms in total. The highest BCUT2D eigenvalue weighted by molar-refractivity contribution is 5.03. The van der Waals surface area contributed by atoms with Crippen molar-refractivity contribution in [2.45, 2.75) is 45.3 Å². The first kappa shape index (κ1) is 11.6. The summed E-state index contributed by atoms with van der Waals surface area (Å²) in [5.41, 5.74) is 1.20. The largest absolute Gasteiger partial charge is 0.394 e. The minimum atomic E-state index is 0.147. The molecule has 0 saturated heterocycles. The Morgan fingerprint density at radius 3 is 3.12 bits per heavy atom. The summed E-state index contributed by atoms with van der Waals surface area (Å²) in [6.07, 6.45) is 7.88. The average Bonchev–Trinajstić information content (AvgIpc) is 2.86. The lowest BCUT2D eigenvalue weighted by atomic mass is 10.1. The lowest BCUT2D eigenvalue weighted by Gasteiger charge is -2.16. The van der Waals surface area contributed by atoms with E-state index in [1.165, 1.54) is 24.8 Å². The highest BCUT2D eigenvalue weighted by atomic mass is 16.3. The average molecular weight is 223 g/mol. The Morgan fingerprint density at radius 2 is 2.44 bits per heavy atom. The summed E-state index contributed by atoms with van der Waals surface area (Å²) < 4.78 is 1.79. The topological polar surface area (TPSA) is 50.1 Å². The number of hydrogen-bond acceptors (Lipinski definition) is 3. The fourth-order valence-corrected chi connectivity index (χ4v) is 2.42. The van der Waals surface area contributed by atoms with Crippen molar-refractivity contribution in [3.8, 4) is 0 Å². The predicted molar refractivity (Wildman–Crippen MR) is 63.0 cm³/mol. The molecule has 1 aromatic heterocycles. The molecule has 1 aromatic rings. The van der Waals surface area contributed by atoms with Crippen molar-refractivity contribution in [3.63, 3.8) is 0 Å². The maximum absolute atomic E-state index is 8.79. The van der Waals surface area contributed by atoms with E-state index in [-0.39, 0.29) is 6.61 Å². The van der Waals surface area contributed by atoms with Crippen LogP contribution >= 0.6 is 0 Å². The summed E-state index contributed by atoms with van der Waals surface area (Å²) in [5, 5.41) is 16.6. The number of aliphatic hydroxyl groups is 1. The zero-order valence-corrected chi connectivity index (χ0v) is 9.89. The van der Waals surface area contributed by atoms with E-state index in [4.69, 9.17) is 5.11 Å². The van der Waals surface area contributed by atoms with E-state index in [0.29, 0.717) is 12.6 Å². The molecule has 1 heterocycles. The SMILES string of the molecule is CC1CCCC1NCc1cnn(CCO)c1. The molecule has 1 fully saturated rings. The van der Waals surface area contributed by atoms with Gasteiger partial charge in [-0.2, -0.15) is 5.10 Å². The van der Waals surface area contributed by atoms with Gasteiger partial charge in [0.25, 0.3) is 0 Å². The zero-order chi connectivity index (χ0) is 11.4. The minimum Gasteiger partial charge on any atom is -0.394 e. The molecular weight excluding hydrogens is 202 g/mol. The van der Waals surface area contributed by atoms with Crippen molar-refractivity contribution in [2.75, 3.05) is 6.61 Å². The van der Waals surface area contributed by atoms with Crippen LogP contribution in [0.4, 0.5) is 0 Å². The first-order chi connectivity index (χ1) is 7.79. The second kappa shape index (κ2) is 5.46. The van der Waals surface area contributed by atoms with E-state index in [9.17, 15) is 0 Å². The van der Waals surface area contributed by atoms with Crippen molar-refractivity contribution in [2.24, 2.45) is 5.92 Å². The maximum atomic E-state index is 8.79. The van der Waals surface area contributed by atoms with Gasteiger partial charge in [0.05, 0.1) is 19.3 Å². The molecule has 2 N–H and O–H groups in total. The third kappa shape index (κ3) is 2.83. The standard InChI is InChI=1S/C12H21N3O/c1-10-3-2-4-12(10)13-7-11-8-14-15(9-11)5-6-16/h8-10,12-13,16H,2-7H2,1H3. The first-order valence-electron chi connectivity index (χ1n) is 6.15. The number of nitrogens with zero attached hydrogens (tertiary/aromatic N) is 2. The number of aliphatic hydroxyl groups excluding tert-OH is 1. The lowest BCUT2D eigenvalue weighted by molar-refractivity contribution is 0.269. The Labute approximate surface area is 96.7 Å². The van der Waals surface area contributed by atoms with Crippen LogP contribution in [0, 0.1) is 5.92 Å². The minimum absolute atomic E-state index is 0.147. The lowest BCUT2D eigenvalue weighted by Crippen LogP contribution is -2.30. The molecule has 1 aliphatic carbocycles. The predicted octanol–water partition coefficient (Wildman–Crippen LogP) is 1.15. The van der Waals surface area contributed by atoms with Crippen molar-refractivity contribution in [3.05, 3.63) is 18.0 Å². The second-order valence-corrected chi connectivity index (χ2v) is 4.73. The Bertz CT molecular complexity index is 324. The van der Waals surface area contributed by atoms with Crippen molar-refractivity contribution in [1.82, 2.24) is 15.1 Å². The van der Waals surface area contributed by atoms with E-state index in [2.05, 4.69) is 17.3 Å². The summed E-state index contributed by atoms with van der Waals surface area (Å²) in [4.78, 5) is 0. The smallest absolute Gasteiger partial charge is 0.0640 e. The molecule has 4 heteroatoms. The Morgan fingerprint density at radius 1 is 1.56 bits per heavy atom. The van der Waals surface area contributed by atoms with Gasteiger partial charge in [-0.25, -0.2) is 0 Å². The summed E-state index contributed by atoms with van der Waals surface area (Å²) in [5.74, 6) is 0.799. The van der Waals surface area contributed by atoms with Crippen LogP contribution in [0.15, 0.2) is 12.4 Å². The number of rotatable bonds is 5. The van der Waals surface area contributed by atoms with Crippen LogP contribution in [0.5, 0.6) is 0 Å². The number of aromatic nitrogens is 2. The van der Waals surface area contributed by atoms with Gasteiger partial charge in [-0.1, -0.05) is 13.3 Å².